The Labute approximate surface area is 183 Å². The van der Waals surface area contributed by atoms with Crippen molar-refractivity contribution in [2.45, 2.75) is 0 Å². The lowest BCUT2D eigenvalue weighted by molar-refractivity contribution is 0.0995. The Morgan fingerprint density at radius 1 is 0.781 bits per heavy atom. The second kappa shape index (κ2) is 8.23. The summed E-state index contributed by atoms with van der Waals surface area (Å²) in [5.74, 6) is 0.348. The standard InChI is InChI=1S/C25H18N4O3/c30-24(16-10-12-18(13-11-16)26-25(31)22-9-4-14-32-22)27-19-6-3-5-17(15-19)23-28-20-7-1-2-8-21(20)29-23/h1-15H,(H,26,31)(H,27,30)(H,28,29). The number of imidazole rings is 1. The van der Waals surface area contributed by atoms with Crippen LogP contribution in [0.2, 0.25) is 0 Å². The monoisotopic (exact) mass is 422 g/mol. The van der Waals surface area contributed by atoms with Gasteiger partial charge in [0.25, 0.3) is 11.8 Å². The van der Waals surface area contributed by atoms with Crippen LogP contribution in [0.1, 0.15) is 20.9 Å². The summed E-state index contributed by atoms with van der Waals surface area (Å²) < 4.78 is 5.07. The topological polar surface area (TPSA) is 100 Å². The number of carbonyl (C=O) groups is 2. The average Bonchev–Trinajstić information content (AvgIpc) is 3.50. The van der Waals surface area contributed by atoms with E-state index in [0.717, 1.165) is 22.4 Å². The lowest BCUT2D eigenvalue weighted by atomic mass is 10.1. The number of anilines is 2. The Morgan fingerprint density at radius 3 is 2.38 bits per heavy atom. The minimum atomic E-state index is -0.352. The predicted octanol–water partition coefficient (Wildman–Crippen LogP) is 5.33. The molecule has 0 aliphatic rings. The summed E-state index contributed by atoms with van der Waals surface area (Å²) in [5.41, 5.74) is 4.40. The van der Waals surface area contributed by atoms with Gasteiger partial charge in [-0.15, -0.1) is 0 Å². The fourth-order valence-electron chi connectivity index (χ4n) is 3.34. The third kappa shape index (κ3) is 3.99. The van der Waals surface area contributed by atoms with Crippen LogP contribution in [-0.2, 0) is 0 Å². The SMILES string of the molecule is O=C(Nc1cccc(-c2nc3ccccc3[nH]2)c1)c1ccc(NC(=O)c2ccco2)cc1. The van der Waals surface area contributed by atoms with Crippen LogP contribution in [0, 0.1) is 0 Å². The van der Waals surface area contributed by atoms with Crippen LogP contribution in [0.15, 0.2) is 95.6 Å². The zero-order chi connectivity index (χ0) is 21.9. The minimum absolute atomic E-state index is 0.219. The van der Waals surface area contributed by atoms with Gasteiger partial charge in [-0.25, -0.2) is 4.98 Å². The highest BCUT2D eigenvalue weighted by molar-refractivity contribution is 6.05. The van der Waals surface area contributed by atoms with E-state index in [1.807, 2.05) is 48.5 Å². The van der Waals surface area contributed by atoms with Crippen molar-refractivity contribution >= 4 is 34.2 Å². The van der Waals surface area contributed by atoms with Crippen LogP contribution >= 0.6 is 0 Å². The molecule has 0 spiro atoms. The molecule has 0 saturated carbocycles. The molecule has 0 saturated heterocycles. The van der Waals surface area contributed by atoms with Gasteiger partial charge in [0.2, 0.25) is 0 Å². The number of fused-ring (bicyclic) bond motifs is 1. The third-order valence-corrected chi connectivity index (χ3v) is 4.93. The quantitative estimate of drug-likeness (QED) is 0.356. The number of aromatic nitrogens is 2. The van der Waals surface area contributed by atoms with E-state index < -0.39 is 0 Å². The van der Waals surface area contributed by atoms with Gasteiger partial charge in [-0.2, -0.15) is 0 Å². The molecule has 0 aliphatic heterocycles. The minimum Gasteiger partial charge on any atom is -0.459 e. The van der Waals surface area contributed by atoms with Gasteiger partial charge in [0.1, 0.15) is 5.82 Å². The molecule has 5 aromatic rings. The molecule has 2 heterocycles. The van der Waals surface area contributed by atoms with E-state index in [4.69, 9.17) is 4.42 Å². The molecule has 7 heteroatoms. The summed E-state index contributed by atoms with van der Waals surface area (Å²) >= 11 is 0. The first-order valence-corrected chi connectivity index (χ1v) is 9.97. The van der Waals surface area contributed by atoms with Gasteiger partial charge in [0, 0.05) is 22.5 Å². The van der Waals surface area contributed by atoms with Crippen molar-refractivity contribution in [2.24, 2.45) is 0 Å². The lowest BCUT2D eigenvalue weighted by Crippen LogP contribution is -2.13. The average molecular weight is 422 g/mol. The number of H-pyrrole nitrogens is 1. The van der Waals surface area contributed by atoms with Crippen LogP contribution in [0.4, 0.5) is 11.4 Å². The number of amides is 2. The highest BCUT2D eigenvalue weighted by Gasteiger charge is 2.11. The lowest BCUT2D eigenvalue weighted by Gasteiger charge is -2.08. The molecule has 0 aliphatic carbocycles. The predicted molar refractivity (Wildman–Crippen MR) is 123 cm³/mol. The van der Waals surface area contributed by atoms with Gasteiger partial charge < -0.3 is 20.0 Å². The van der Waals surface area contributed by atoms with E-state index in [1.54, 1.807) is 36.4 Å². The van der Waals surface area contributed by atoms with Crippen molar-refractivity contribution in [3.8, 4) is 11.4 Å². The van der Waals surface area contributed by atoms with Gasteiger partial charge in [0.05, 0.1) is 17.3 Å². The molecule has 32 heavy (non-hydrogen) atoms. The summed E-state index contributed by atoms with van der Waals surface area (Å²) in [7, 11) is 0. The first kappa shape index (κ1) is 19.3. The molecule has 2 amide bonds. The fraction of sp³-hybridized carbons (Fsp3) is 0. The number of aromatic amines is 1. The Balaban J connectivity index is 1.28. The van der Waals surface area contributed by atoms with Crippen molar-refractivity contribution in [1.82, 2.24) is 9.97 Å². The first-order valence-electron chi connectivity index (χ1n) is 9.97. The zero-order valence-electron chi connectivity index (χ0n) is 16.8. The second-order valence-corrected chi connectivity index (χ2v) is 7.15. The van der Waals surface area contributed by atoms with E-state index in [9.17, 15) is 9.59 Å². The number of carbonyl (C=O) groups excluding carboxylic acids is 2. The summed E-state index contributed by atoms with van der Waals surface area (Å²) in [6.45, 7) is 0. The van der Waals surface area contributed by atoms with Crippen molar-refractivity contribution in [1.29, 1.82) is 0 Å². The van der Waals surface area contributed by atoms with Crippen molar-refractivity contribution < 1.29 is 14.0 Å². The molecule has 3 N–H and O–H groups in total. The molecule has 156 valence electrons. The van der Waals surface area contributed by atoms with Crippen LogP contribution in [0.5, 0.6) is 0 Å². The Kier molecular flexibility index (Phi) is 4.97. The maximum absolute atomic E-state index is 12.7. The molecule has 0 bridgehead atoms. The largest absolute Gasteiger partial charge is 0.459 e. The molecule has 0 radical (unpaired) electrons. The van der Waals surface area contributed by atoms with E-state index in [1.165, 1.54) is 6.26 Å². The highest BCUT2D eigenvalue weighted by atomic mass is 16.3. The molecule has 0 fully saturated rings. The zero-order valence-corrected chi connectivity index (χ0v) is 16.8. The number of furan rings is 1. The molecule has 2 aromatic heterocycles. The van der Waals surface area contributed by atoms with E-state index >= 15 is 0 Å². The Bertz CT molecular complexity index is 1370. The Hall–Kier alpha value is -4.65. The molecule has 7 nitrogen and oxygen atoms in total. The fourth-order valence-corrected chi connectivity index (χ4v) is 3.34. The molecule has 5 rings (SSSR count). The van der Waals surface area contributed by atoms with Gasteiger partial charge in [-0.3, -0.25) is 9.59 Å². The smallest absolute Gasteiger partial charge is 0.291 e. The van der Waals surface area contributed by atoms with E-state index in [2.05, 4.69) is 20.6 Å². The van der Waals surface area contributed by atoms with Crippen LogP contribution < -0.4 is 10.6 Å². The summed E-state index contributed by atoms with van der Waals surface area (Å²) in [5, 5.41) is 5.62. The molecular formula is C25H18N4O3. The molecular weight excluding hydrogens is 404 g/mol. The van der Waals surface area contributed by atoms with Crippen molar-refractivity contribution in [3.63, 3.8) is 0 Å². The summed E-state index contributed by atoms with van der Waals surface area (Å²) in [4.78, 5) is 32.6. The number of nitrogens with one attached hydrogen (secondary N) is 3. The maximum Gasteiger partial charge on any atom is 0.291 e. The highest BCUT2D eigenvalue weighted by Crippen LogP contribution is 2.23. The second-order valence-electron chi connectivity index (χ2n) is 7.15. The third-order valence-electron chi connectivity index (χ3n) is 4.93. The summed E-state index contributed by atoms with van der Waals surface area (Å²) in [6.07, 6.45) is 1.44. The number of hydrogen-bond donors (Lipinski definition) is 3. The van der Waals surface area contributed by atoms with Gasteiger partial charge in [-0.1, -0.05) is 24.3 Å². The van der Waals surface area contributed by atoms with Gasteiger partial charge >= 0.3 is 0 Å². The van der Waals surface area contributed by atoms with Crippen LogP contribution in [0.25, 0.3) is 22.4 Å². The number of rotatable bonds is 5. The van der Waals surface area contributed by atoms with E-state index in [-0.39, 0.29) is 17.6 Å². The molecule has 0 unspecified atom stereocenters. The molecule has 0 atom stereocenters. The number of benzene rings is 3. The summed E-state index contributed by atoms with van der Waals surface area (Å²) in [6, 6.07) is 25.2. The van der Waals surface area contributed by atoms with Crippen molar-refractivity contribution in [2.75, 3.05) is 10.6 Å². The molecule has 3 aromatic carbocycles. The normalized spacial score (nSPS) is 10.8. The van der Waals surface area contributed by atoms with Crippen LogP contribution in [0.3, 0.4) is 0 Å². The van der Waals surface area contributed by atoms with Crippen LogP contribution in [-0.4, -0.2) is 21.8 Å². The first-order chi connectivity index (χ1) is 15.7. The Morgan fingerprint density at radius 2 is 1.59 bits per heavy atom. The van der Waals surface area contributed by atoms with Gasteiger partial charge in [0.15, 0.2) is 5.76 Å². The van der Waals surface area contributed by atoms with Gasteiger partial charge in [-0.05, 0) is 60.7 Å². The maximum atomic E-state index is 12.7. The van der Waals surface area contributed by atoms with E-state index in [0.29, 0.717) is 16.9 Å². The number of para-hydroxylation sites is 2. The number of nitrogens with zero attached hydrogens (tertiary/aromatic N) is 1. The van der Waals surface area contributed by atoms with Crippen molar-refractivity contribution in [3.05, 3.63) is 103 Å². The number of hydrogen-bond acceptors (Lipinski definition) is 4.